The van der Waals surface area contributed by atoms with Gasteiger partial charge in [-0.25, -0.2) is 9.97 Å². The van der Waals surface area contributed by atoms with Crippen molar-refractivity contribution in [2.45, 2.75) is 57.2 Å². The summed E-state index contributed by atoms with van der Waals surface area (Å²) in [5.74, 6) is 0.523. The number of aliphatic hydroxyl groups excluding tert-OH is 1. The second kappa shape index (κ2) is 17.2. The predicted molar refractivity (Wildman–Crippen MR) is 192 cm³/mol. The Hall–Kier alpha value is -4.88. The summed E-state index contributed by atoms with van der Waals surface area (Å²) in [5, 5.41) is 15.3. The average Bonchev–Trinajstić information content (AvgIpc) is 3.15. The number of carbonyl (C=O) groups is 2. The number of benzene rings is 3. The van der Waals surface area contributed by atoms with Gasteiger partial charge in [0.1, 0.15) is 0 Å². The van der Waals surface area contributed by atoms with Gasteiger partial charge in [0.2, 0.25) is 17.8 Å². The Labute approximate surface area is 292 Å². The number of unbranched alkanes of at least 4 members (excludes halogenated alkanes) is 1. The summed E-state index contributed by atoms with van der Waals surface area (Å²) in [7, 11) is 0. The van der Waals surface area contributed by atoms with E-state index in [-0.39, 0.29) is 30.6 Å². The van der Waals surface area contributed by atoms with Crippen molar-refractivity contribution < 1.29 is 24.2 Å². The molecule has 0 saturated carbocycles. The van der Waals surface area contributed by atoms with Gasteiger partial charge in [-0.2, -0.15) is 0 Å². The molecule has 262 valence electrons. The Kier molecular flexibility index (Phi) is 12.0. The topological polar surface area (TPSA) is 155 Å². The zero-order chi connectivity index (χ0) is 34.7. The van der Waals surface area contributed by atoms with E-state index >= 15 is 0 Å². The number of nitrogen functional groups attached to an aromatic ring is 1. The number of amides is 2. The number of aliphatic hydroxyl groups is 1. The number of nitrogens with zero attached hydrogens (tertiary/aromatic N) is 4. The number of nitrogens with two attached hydrogens (primary N) is 1. The number of ether oxygens (including phenoxy) is 2. The lowest BCUT2D eigenvalue weighted by molar-refractivity contribution is -0.253. The number of nitrogens with one attached hydrogen (secondary N) is 2. The number of para-hydroxylation sites is 2. The van der Waals surface area contributed by atoms with Crippen LogP contribution in [0.3, 0.4) is 0 Å². The van der Waals surface area contributed by atoms with E-state index in [1.807, 2.05) is 66.7 Å². The lowest BCUT2D eigenvalue weighted by atomic mass is 9.99. The molecule has 2 saturated heterocycles. The average molecular weight is 680 g/mol. The summed E-state index contributed by atoms with van der Waals surface area (Å²) in [5.41, 5.74) is 10.4. The van der Waals surface area contributed by atoms with Crippen LogP contribution >= 0.6 is 0 Å². The van der Waals surface area contributed by atoms with Crippen molar-refractivity contribution in [3.05, 3.63) is 108 Å². The normalized spacial score (nSPS) is 19.5. The lowest BCUT2D eigenvalue weighted by Gasteiger charge is -2.40. The molecule has 12 heteroatoms. The monoisotopic (exact) mass is 679 g/mol. The van der Waals surface area contributed by atoms with Gasteiger partial charge in [0.05, 0.1) is 30.2 Å². The van der Waals surface area contributed by atoms with Crippen molar-refractivity contribution in [2.75, 3.05) is 54.0 Å². The molecule has 3 heterocycles. The van der Waals surface area contributed by atoms with Gasteiger partial charge in [-0.05, 0) is 54.3 Å². The summed E-state index contributed by atoms with van der Waals surface area (Å²) in [6.45, 7) is 4.20. The zero-order valence-corrected chi connectivity index (χ0v) is 28.1. The Morgan fingerprint density at radius 1 is 0.800 bits per heavy atom. The first-order valence-corrected chi connectivity index (χ1v) is 17.2. The van der Waals surface area contributed by atoms with Crippen molar-refractivity contribution >= 4 is 34.8 Å². The van der Waals surface area contributed by atoms with Crippen LogP contribution in [0.5, 0.6) is 0 Å². The largest absolute Gasteiger partial charge is 0.397 e. The standard InChI is InChI=1S/C38H45N7O5/c39-32-6-1-2-7-33(32)43-36(48)9-4-3-8-35(47)42-30-16-14-29(15-17-30)37-49-31(24-34(50-37)28-12-10-27(26-46)11-13-28)25-44-20-22-45(23-21-44)38-40-18-5-19-41-38/h1-2,5-7,10-19,31,34,37,46H,3-4,8-9,20-26,39H2,(H,42,47)(H,43,48). The van der Waals surface area contributed by atoms with E-state index in [0.29, 0.717) is 49.2 Å². The number of rotatable bonds is 13. The second-order valence-electron chi connectivity index (χ2n) is 12.7. The van der Waals surface area contributed by atoms with E-state index in [4.69, 9.17) is 15.2 Å². The third-order valence-corrected chi connectivity index (χ3v) is 9.04. The van der Waals surface area contributed by atoms with Crippen LogP contribution in [0.2, 0.25) is 0 Å². The molecule has 2 aliphatic rings. The SMILES string of the molecule is Nc1ccccc1NC(=O)CCCCC(=O)Nc1ccc(C2OC(CN3CCN(c4ncccn4)CC3)CC(c3ccc(CO)cc3)O2)cc1. The van der Waals surface area contributed by atoms with Gasteiger partial charge < -0.3 is 35.8 Å². The van der Waals surface area contributed by atoms with Gasteiger partial charge in [-0.15, -0.1) is 0 Å². The molecule has 1 aromatic heterocycles. The number of carbonyl (C=O) groups excluding carboxylic acids is 2. The van der Waals surface area contributed by atoms with E-state index in [9.17, 15) is 14.7 Å². The van der Waals surface area contributed by atoms with Crippen molar-refractivity contribution in [2.24, 2.45) is 0 Å². The maximum Gasteiger partial charge on any atom is 0.225 e. The lowest BCUT2D eigenvalue weighted by Crippen LogP contribution is -2.50. The smallest absolute Gasteiger partial charge is 0.225 e. The van der Waals surface area contributed by atoms with Gasteiger partial charge in [-0.1, -0.05) is 48.5 Å². The van der Waals surface area contributed by atoms with Crippen LogP contribution in [0.4, 0.5) is 23.0 Å². The summed E-state index contributed by atoms with van der Waals surface area (Å²) in [4.78, 5) is 38.3. The van der Waals surface area contributed by atoms with Gasteiger partial charge in [0, 0.05) is 75.6 Å². The van der Waals surface area contributed by atoms with Crippen LogP contribution in [-0.4, -0.2) is 70.6 Å². The maximum absolute atomic E-state index is 12.7. The minimum absolute atomic E-state index is 0.00904. The Balaban J connectivity index is 1.01. The number of hydrogen-bond donors (Lipinski definition) is 4. The highest BCUT2D eigenvalue weighted by Crippen LogP contribution is 2.38. The highest BCUT2D eigenvalue weighted by Gasteiger charge is 2.34. The highest BCUT2D eigenvalue weighted by molar-refractivity contribution is 5.94. The maximum atomic E-state index is 12.7. The van der Waals surface area contributed by atoms with Crippen molar-refractivity contribution in [1.29, 1.82) is 0 Å². The molecular formula is C38H45N7O5. The Bertz CT molecular complexity index is 1680. The molecule has 2 aliphatic heterocycles. The Morgan fingerprint density at radius 2 is 1.46 bits per heavy atom. The van der Waals surface area contributed by atoms with Gasteiger partial charge in [0.15, 0.2) is 6.29 Å². The molecule has 2 fully saturated rings. The van der Waals surface area contributed by atoms with E-state index in [1.54, 1.807) is 24.5 Å². The Morgan fingerprint density at radius 3 is 2.14 bits per heavy atom. The second-order valence-corrected chi connectivity index (χ2v) is 12.7. The number of aromatic nitrogens is 2. The molecule has 0 radical (unpaired) electrons. The highest BCUT2D eigenvalue weighted by atomic mass is 16.7. The van der Waals surface area contributed by atoms with Crippen LogP contribution < -0.4 is 21.3 Å². The third-order valence-electron chi connectivity index (χ3n) is 9.04. The molecule has 0 bridgehead atoms. The van der Waals surface area contributed by atoms with Crippen molar-refractivity contribution in [3.63, 3.8) is 0 Å². The van der Waals surface area contributed by atoms with Crippen molar-refractivity contribution in [3.8, 4) is 0 Å². The van der Waals surface area contributed by atoms with Crippen molar-refractivity contribution in [1.82, 2.24) is 14.9 Å². The fourth-order valence-electron chi connectivity index (χ4n) is 6.25. The molecule has 50 heavy (non-hydrogen) atoms. The first-order chi connectivity index (χ1) is 24.4. The first kappa shape index (κ1) is 35.0. The number of piperazine rings is 1. The van der Waals surface area contributed by atoms with E-state index in [2.05, 4.69) is 30.4 Å². The van der Waals surface area contributed by atoms with Crippen LogP contribution in [0, 0.1) is 0 Å². The zero-order valence-electron chi connectivity index (χ0n) is 28.1. The quantitative estimate of drug-likeness (QED) is 0.111. The number of hydrogen-bond acceptors (Lipinski definition) is 10. The molecule has 0 aliphatic carbocycles. The van der Waals surface area contributed by atoms with E-state index in [0.717, 1.165) is 55.4 Å². The van der Waals surface area contributed by atoms with E-state index in [1.165, 1.54) is 0 Å². The molecule has 6 rings (SSSR count). The molecule has 2 amide bonds. The third kappa shape index (κ3) is 9.63. The molecular weight excluding hydrogens is 634 g/mol. The predicted octanol–water partition coefficient (Wildman–Crippen LogP) is 5.06. The minimum Gasteiger partial charge on any atom is -0.397 e. The minimum atomic E-state index is -0.586. The van der Waals surface area contributed by atoms with Crippen LogP contribution in [0.25, 0.3) is 0 Å². The summed E-state index contributed by atoms with van der Waals surface area (Å²) >= 11 is 0. The molecule has 3 aromatic carbocycles. The summed E-state index contributed by atoms with van der Waals surface area (Å²) < 4.78 is 13.1. The fourth-order valence-corrected chi connectivity index (χ4v) is 6.25. The number of anilines is 4. The molecule has 5 N–H and O–H groups in total. The van der Waals surface area contributed by atoms with Gasteiger partial charge >= 0.3 is 0 Å². The first-order valence-electron chi connectivity index (χ1n) is 17.2. The summed E-state index contributed by atoms with van der Waals surface area (Å²) in [6, 6.07) is 24.4. The van der Waals surface area contributed by atoms with Gasteiger partial charge in [0.25, 0.3) is 0 Å². The van der Waals surface area contributed by atoms with Crippen LogP contribution in [-0.2, 0) is 25.7 Å². The fraction of sp³-hybridized carbons (Fsp3) is 0.368. The molecule has 12 nitrogen and oxygen atoms in total. The van der Waals surface area contributed by atoms with E-state index < -0.39 is 6.29 Å². The van der Waals surface area contributed by atoms with Gasteiger partial charge in [-0.3, -0.25) is 14.5 Å². The molecule has 3 atom stereocenters. The molecule has 3 unspecified atom stereocenters. The van der Waals surface area contributed by atoms with Crippen LogP contribution in [0.1, 0.15) is 61.2 Å². The molecule has 4 aromatic rings. The summed E-state index contributed by atoms with van der Waals surface area (Å²) in [6.07, 6.45) is 5.20. The molecule has 0 spiro atoms. The van der Waals surface area contributed by atoms with Crippen LogP contribution in [0.15, 0.2) is 91.3 Å².